The van der Waals surface area contributed by atoms with Crippen LogP contribution in [-0.4, -0.2) is 28.9 Å². The highest BCUT2D eigenvalue weighted by Crippen LogP contribution is 2.58. The molecule has 5 heteroatoms. The van der Waals surface area contributed by atoms with Gasteiger partial charge in [-0.1, -0.05) is 0 Å². The minimum atomic E-state index is -0.892. The summed E-state index contributed by atoms with van der Waals surface area (Å²) in [4.78, 5) is 38.3. The molecule has 8 aliphatic rings. The fourth-order valence-corrected chi connectivity index (χ4v) is 9.32. The van der Waals surface area contributed by atoms with Crippen molar-refractivity contribution >= 4 is 17.7 Å². The zero-order valence-electron chi connectivity index (χ0n) is 18.8. The summed E-state index contributed by atoms with van der Waals surface area (Å²) in [6.45, 7) is 1.60. The van der Waals surface area contributed by atoms with Gasteiger partial charge < -0.3 is 9.47 Å². The number of rotatable bonds is 6. The van der Waals surface area contributed by atoms with Gasteiger partial charge in [0, 0.05) is 0 Å². The zero-order chi connectivity index (χ0) is 21.4. The van der Waals surface area contributed by atoms with Crippen LogP contribution in [-0.2, 0) is 23.9 Å². The zero-order valence-corrected chi connectivity index (χ0v) is 18.8. The number of ketones is 1. The second-order valence-corrected chi connectivity index (χ2v) is 12.5. The lowest BCUT2D eigenvalue weighted by atomic mass is 9.54. The molecular formula is C26H36O5. The Bertz CT molecular complexity index is 727. The Labute approximate surface area is 185 Å². The van der Waals surface area contributed by atoms with Crippen molar-refractivity contribution in [2.24, 2.45) is 41.4 Å². The monoisotopic (exact) mass is 428 g/mol. The first-order valence-electron chi connectivity index (χ1n) is 12.8. The van der Waals surface area contributed by atoms with Gasteiger partial charge in [0.15, 0.2) is 5.78 Å². The summed E-state index contributed by atoms with van der Waals surface area (Å²) in [7, 11) is 0. The van der Waals surface area contributed by atoms with E-state index in [1.807, 2.05) is 0 Å². The van der Waals surface area contributed by atoms with Crippen LogP contribution in [0.5, 0.6) is 0 Å². The number of ether oxygens (including phenoxy) is 2. The van der Waals surface area contributed by atoms with Gasteiger partial charge in [-0.15, -0.1) is 0 Å². The summed E-state index contributed by atoms with van der Waals surface area (Å²) in [5.74, 6) is 1.97. The van der Waals surface area contributed by atoms with Gasteiger partial charge in [0.05, 0.1) is 0 Å². The Morgan fingerprint density at radius 1 is 0.677 bits per heavy atom. The van der Waals surface area contributed by atoms with Crippen LogP contribution in [0.15, 0.2) is 0 Å². The SMILES string of the molecule is CC(C(=O)CC(=O)OC12CC3CC(CC(C3)C1)C2)C(=O)OC12CC3CC(CC(C3)C1)C2. The number of hydrogen-bond acceptors (Lipinski definition) is 5. The van der Waals surface area contributed by atoms with Crippen LogP contribution in [0.1, 0.15) is 90.4 Å². The molecular weight excluding hydrogens is 392 g/mol. The van der Waals surface area contributed by atoms with Gasteiger partial charge in [0.25, 0.3) is 0 Å². The fraction of sp³-hybridized carbons (Fsp3) is 0.885. The van der Waals surface area contributed by atoms with E-state index in [2.05, 4.69) is 0 Å². The van der Waals surface area contributed by atoms with E-state index in [0.717, 1.165) is 38.5 Å². The van der Waals surface area contributed by atoms with Crippen LogP contribution >= 0.6 is 0 Å². The maximum Gasteiger partial charge on any atom is 0.316 e. The summed E-state index contributed by atoms with van der Waals surface area (Å²) in [6.07, 6.45) is 13.1. The largest absolute Gasteiger partial charge is 0.459 e. The number of esters is 2. The minimum Gasteiger partial charge on any atom is -0.459 e. The number of carbonyl (C=O) groups is 3. The minimum absolute atomic E-state index is 0.307. The topological polar surface area (TPSA) is 69.7 Å². The molecule has 0 amide bonds. The molecule has 0 aromatic rings. The van der Waals surface area contributed by atoms with E-state index in [1.54, 1.807) is 6.92 Å². The highest BCUT2D eigenvalue weighted by atomic mass is 16.6. The lowest BCUT2D eigenvalue weighted by Crippen LogP contribution is -2.53. The van der Waals surface area contributed by atoms with Crippen molar-refractivity contribution in [1.82, 2.24) is 0 Å². The number of hydrogen-bond donors (Lipinski definition) is 0. The summed E-state index contributed by atoms with van der Waals surface area (Å²) >= 11 is 0. The highest BCUT2D eigenvalue weighted by molar-refractivity contribution is 6.05. The first kappa shape index (κ1) is 20.2. The van der Waals surface area contributed by atoms with Crippen molar-refractivity contribution in [2.45, 2.75) is 102 Å². The van der Waals surface area contributed by atoms with Crippen LogP contribution in [0.4, 0.5) is 0 Å². The third-order valence-corrected chi connectivity index (χ3v) is 9.77. The van der Waals surface area contributed by atoms with E-state index in [9.17, 15) is 14.4 Å². The van der Waals surface area contributed by atoms with Crippen molar-refractivity contribution in [2.75, 3.05) is 0 Å². The Balaban J connectivity index is 1.05. The normalized spacial score (nSPS) is 47.3. The van der Waals surface area contributed by atoms with Crippen molar-refractivity contribution in [3.05, 3.63) is 0 Å². The molecule has 5 nitrogen and oxygen atoms in total. The van der Waals surface area contributed by atoms with Crippen LogP contribution in [0.2, 0.25) is 0 Å². The van der Waals surface area contributed by atoms with E-state index >= 15 is 0 Å². The van der Waals surface area contributed by atoms with Crippen molar-refractivity contribution < 1.29 is 23.9 Å². The molecule has 8 bridgehead atoms. The molecule has 0 aromatic heterocycles. The second kappa shape index (κ2) is 7.05. The molecule has 8 saturated carbocycles. The Morgan fingerprint density at radius 3 is 1.42 bits per heavy atom. The average Bonchev–Trinajstić information content (AvgIpc) is 2.64. The molecule has 8 fully saturated rings. The maximum atomic E-state index is 12.9. The molecule has 1 atom stereocenters. The molecule has 8 aliphatic carbocycles. The Kier molecular flexibility index (Phi) is 4.60. The predicted octanol–water partition coefficient (Wildman–Crippen LogP) is 4.61. The van der Waals surface area contributed by atoms with Gasteiger partial charge in [-0.05, 0) is 119 Å². The second-order valence-electron chi connectivity index (χ2n) is 12.5. The van der Waals surface area contributed by atoms with Gasteiger partial charge in [-0.2, -0.15) is 0 Å². The van der Waals surface area contributed by atoms with Crippen LogP contribution < -0.4 is 0 Å². The third kappa shape index (κ3) is 3.64. The molecule has 31 heavy (non-hydrogen) atoms. The molecule has 0 radical (unpaired) electrons. The average molecular weight is 429 g/mol. The first-order valence-corrected chi connectivity index (χ1v) is 12.8. The smallest absolute Gasteiger partial charge is 0.316 e. The van der Waals surface area contributed by atoms with E-state index in [-0.39, 0.29) is 23.4 Å². The fourth-order valence-electron chi connectivity index (χ4n) is 9.32. The van der Waals surface area contributed by atoms with Crippen LogP contribution in [0.25, 0.3) is 0 Å². The third-order valence-electron chi connectivity index (χ3n) is 9.77. The van der Waals surface area contributed by atoms with Crippen LogP contribution in [0, 0.1) is 41.4 Å². The van der Waals surface area contributed by atoms with E-state index < -0.39 is 17.9 Å². The molecule has 1 unspecified atom stereocenters. The van der Waals surface area contributed by atoms with Crippen molar-refractivity contribution in [3.63, 3.8) is 0 Å². The molecule has 0 saturated heterocycles. The quantitative estimate of drug-likeness (QED) is 0.457. The van der Waals surface area contributed by atoms with Crippen molar-refractivity contribution in [3.8, 4) is 0 Å². The van der Waals surface area contributed by atoms with Gasteiger partial charge in [0.2, 0.25) is 0 Å². The van der Waals surface area contributed by atoms with Gasteiger partial charge in [-0.3, -0.25) is 14.4 Å². The Hall–Kier alpha value is -1.39. The van der Waals surface area contributed by atoms with E-state index in [1.165, 1.54) is 38.5 Å². The molecule has 8 rings (SSSR count). The summed E-state index contributed by atoms with van der Waals surface area (Å²) in [6, 6.07) is 0. The van der Waals surface area contributed by atoms with E-state index in [0.29, 0.717) is 35.5 Å². The predicted molar refractivity (Wildman–Crippen MR) is 113 cm³/mol. The van der Waals surface area contributed by atoms with Crippen LogP contribution in [0.3, 0.4) is 0 Å². The maximum absolute atomic E-state index is 12.9. The lowest BCUT2D eigenvalue weighted by Gasteiger charge is -2.55. The highest BCUT2D eigenvalue weighted by Gasteiger charge is 2.55. The lowest BCUT2D eigenvalue weighted by molar-refractivity contribution is -0.191. The molecule has 0 heterocycles. The first-order chi connectivity index (χ1) is 14.8. The molecule has 170 valence electrons. The number of carbonyl (C=O) groups excluding carboxylic acids is 3. The summed E-state index contributed by atoms with van der Waals surface area (Å²) in [5, 5.41) is 0. The Morgan fingerprint density at radius 2 is 1.03 bits per heavy atom. The van der Waals surface area contributed by atoms with Crippen molar-refractivity contribution in [1.29, 1.82) is 0 Å². The standard InChI is InChI=1S/C26H36O5/c1-15(24(29)31-26-12-19-5-20(13-26)7-21(6-19)14-26)22(27)8-23(28)30-25-9-16-2-17(10-25)4-18(3-16)11-25/h15-21H,2-14H2,1H3. The van der Waals surface area contributed by atoms with Gasteiger partial charge in [0.1, 0.15) is 23.5 Å². The van der Waals surface area contributed by atoms with E-state index in [4.69, 9.17) is 9.47 Å². The van der Waals surface area contributed by atoms with Gasteiger partial charge >= 0.3 is 11.9 Å². The summed E-state index contributed by atoms with van der Waals surface area (Å²) in [5.41, 5.74) is -0.685. The molecule has 0 spiro atoms. The summed E-state index contributed by atoms with van der Waals surface area (Å²) < 4.78 is 12.0. The molecule has 0 N–H and O–H groups in total. The number of Topliss-reactive ketones (excluding diaryl/α,β-unsaturated/α-hetero) is 1. The molecule has 0 aliphatic heterocycles. The van der Waals surface area contributed by atoms with Gasteiger partial charge in [-0.25, -0.2) is 0 Å². The molecule has 0 aromatic carbocycles.